The Hall–Kier alpha value is -1.35. The lowest BCUT2D eigenvalue weighted by atomic mass is 10.2. The Kier molecular flexibility index (Phi) is 2.50. The molecule has 0 bridgehead atoms. The van der Waals surface area contributed by atoms with Gasteiger partial charge in [-0.05, 0) is 12.1 Å². The molecule has 1 aromatic carbocycles. The Bertz CT molecular complexity index is 319. The minimum absolute atomic E-state index is 0.0566. The number of nitrogens with zero attached hydrogens (tertiary/aromatic N) is 1. The lowest BCUT2D eigenvalue weighted by molar-refractivity contribution is 0.0784. The van der Waals surface area contributed by atoms with Crippen molar-refractivity contribution in [2.45, 2.75) is 6.10 Å². The van der Waals surface area contributed by atoms with E-state index in [0.29, 0.717) is 6.54 Å². The van der Waals surface area contributed by atoms with Crippen LogP contribution in [0.2, 0.25) is 0 Å². The summed E-state index contributed by atoms with van der Waals surface area (Å²) in [6, 6.07) is 9.29. The minimum atomic E-state index is 0.0566. The van der Waals surface area contributed by atoms with Gasteiger partial charge in [0.05, 0.1) is 12.7 Å². The Morgan fingerprint density at radius 2 is 2.14 bits per heavy atom. The molecule has 0 aliphatic carbocycles. The second-order valence-electron chi connectivity index (χ2n) is 3.51. The average molecular weight is 191 g/mol. The third kappa shape index (κ3) is 2.12. The average Bonchev–Trinajstić information content (AvgIpc) is 3.02. The first-order chi connectivity index (χ1) is 6.77. The Morgan fingerprint density at radius 3 is 2.71 bits per heavy atom. The van der Waals surface area contributed by atoms with Crippen molar-refractivity contribution in [2.75, 3.05) is 20.2 Å². The molecule has 1 aliphatic rings. The monoisotopic (exact) mass is 191 g/mol. The number of epoxide rings is 1. The number of likely N-dealkylation sites (N-methyl/N-ethyl adjacent to an activating group) is 1. The number of hydrogen-bond donors (Lipinski definition) is 0. The van der Waals surface area contributed by atoms with Crippen LogP contribution >= 0.6 is 0 Å². The summed E-state index contributed by atoms with van der Waals surface area (Å²) in [5.41, 5.74) is 0.732. The summed E-state index contributed by atoms with van der Waals surface area (Å²) in [6.07, 6.45) is 0.257. The second kappa shape index (κ2) is 3.80. The number of carbonyl (C=O) groups is 1. The third-order valence-electron chi connectivity index (χ3n) is 2.25. The molecule has 0 spiro atoms. The SMILES string of the molecule is CN(CC1CO1)C(=O)c1ccccc1. The van der Waals surface area contributed by atoms with E-state index < -0.39 is 0 Å². The van der Waals surface area contributed by atoms with E-state index in [1.165, 1.54) is 0 Å². The molecule has 3 nitrogen and oxygen atoms in total. The van der Waals surface area contributed by atoms with E-state index in [1.54, 1.807) is 11.9 Å². The van der Waals surface area contributed by atoms with Gasteiger partial charge in [0.15, 0.2) is 0 Å². The molecule has 74 valence electrons. The van der Waals surface area contributed by atoms with Crippen LogP contribution in [0, 0.1) is 0 Å². The third-order valence-corrected chi connectivity index (χ3v) is 2.25. The smallest absolute Gasteiger partial charge is 0.253 e. The summed E-state index contributed by atoms with van der Waals surface area (Å²) in [7, 11) is 1.80. The Balaban J connectivity index is 1.99. The van der Waals surface area contributed by atoms with E-state index in [2.05, 4.69) is 0 Å². The zero-order valence-electron chi connectivity index (χ0n) is 8.14. The molecule has 1 heterocycles. The molecule has 14 heavy (non-hydrogen) atoms. The highest BCUT2D eigenvalue weighted by Crippen LogP contribution is 2.11. The highest BCUT2D eigenvalue weighted by Gasteiger charge is 2.26. The van der Waals surface area contributed by atoms with E-state index in [1.807, 2.05) is 30.3 Å². The zero-order valence-corrected chi connectivity index (χ0v) is 8.14. The molecule has 1 saturated heterocycles. The lowest BCUT2D eigenvalue weighted by Crippen LogP contribution is -2.30. The van der Waals surface area contributed by atoms with Crippen LogP contribution in [-0.4, -0.2) is 37.1 Å². The first-order valence-electron chi connectivity index (χ1n) is 4.69. The molecule has 0 saturated carbocycles. The molecule has 1 amide bonds. The molecule has 1 fully saturated rings. The molecule has 2 rings (SSSR count). The van der Waals surface area contributed by atoms with Gasteiger partial charge in [-0.15, -0.1) is 0 Å². The second-order valence-corrected chi connectivity index (χ2v) is 3.51. The van der Waals surface area contributed by atoms with Crippen LogP contribution in [0.25, 0.3) is 0 Å². The van der Waals surface area contributed by atoms with Crippen LogP contribution in [-0.2, 0) is 4.74 Å². The molecule has 1 aliphatic heterocycles. The number of hydrogen-bond acceptors (Lipinski definition) is 2. The normalized spacial score (nSPS) is 19.1. The lowest BCUT2D eigenvalue weighted by Gasteiger charge is -2.15. The summed E-state index contributed by atoms with van der Waals surface area (Å²) < 4.78 is 5.07. The van der Waals surface area contributed by atoms with Gasteiger partial charge in [0.2, 0.25) is 0 Å². The molecular weight excluding hydrogens is 178 g/mol. The van der Waals surface area contributed by atoms with Crippen molar-refractivity contribution >= 4 is 5.91 Å². The molecule has 0 radical (unpaired) electrons. The maximum Gasteiger partial charge on any atom is 0.253 e. The summed E-state index contributed by atoms with van der Waals surface area (Å²) in [4.78, 5) is 13.5. The van der Waals surface area contributed by atoms with Crippen molar-refractivity contribution in [3.63, 3.8) is 0 Å². The highest BCUT2D eigenvalue weighted by molar-refractivity contribution is 5.94. The van der Waals surface area contributed by atoms with E-state index >= 15 is 0 Å². The van der Waals surface area contributed by atoms with Crippen LogP contribution in [0.5, 0.6) is 0 Å². The molecule has 1 atom stereocenters. The number of benzene rings is 1. The summed E-state index contributed by atoms with van der Waals surface area (Å²) >= 11 is 0. The summed E-state index contributed by atoms with van der Waals surface area (Å²) in [5, 5.41) is 0. The van der Waals surface area contributed by atoms with Crippen molar-refractivity contribution in [3.05, 3.63) is 35.9 Å². The van der Waals surface area contributed by atoms with Crippen LogP contribution in [0.15, 0.2) is 30.3 Å². The van der Waals surface area contributed by atoms with Gasteiger partial charge >= 0.3 is 0 Å². The van der Waals surface area contributed by atoms with Gasteiger partial charge in [-0.25, -0.2) is 0 Å². The molecule has 3 heteroatoms. The number of carbonyl (C=O) groups excluding carboxylic acids is 1. The number of amides is 1. The summed E-state index contributed by atoms with van der Waals surface area (Å²) in [6.45, 7) is 1.47. The van der Waals surface area contributed by atoms with Crippen molar-refractivity contribution < 1.29 is 9.53 Å². The first-order valence-corrected chi connectivity index (χ1v) is 4.69. The van der Waals surface area contributed by atoms with E-state index in [4.69, 9.17) is 4.74 Å². The van der Waals surface area contributed by atoms with Gasteiger partial charge in [-0.1, -0.05) is 18.2 Å². The predicted octanol–water partition coefficient (Wildman–Crippen LogP) is 1.16. The van der Waals surface area contributed by atoms with Crippen LogP contribution in [0.1, 0.15) is 10.4 Å². The van der Waals surface area contributed by atoms with Crippen molar-refractivity contribution in [3.8, 4) is 0 Å². The fraction of sp³-hybridized carbons (Fsp3) is 0.364. The fourth-order valence-corrected chi connectivity index (χ4v) is 1.36. The topological polar surface area (TPSA) is 32.8 Å². The Labute approximate surface area is 83.3 Å². The number of rotatable bonds is 3. The van der Waals surface area contributed by atoms with Crippen LogP contribution in [0.3, 0.4) is 0 Å². The quantitative estimate of drug-likeness (QED) is 0.671. The fourth-order valence-electron chi connectivity index (χ4n) is 1.36. The Morgan fingerprint density at radius 1 is 1.50 bits per heavy atom. The van der Waals surface area contributed by atoms with E-state index in [0.717, 1.165) is 12.2 Å². The van der Waals surface area contributed by atoms with Crippen molar-refractivity contribution in [1.29, 1.82) is 0 Å². The van der Waals surface area contributed by atoms with E-state index in [9.17, 15) is 4.79 Å². The maximum atomic E-state index is 11.8. The summed E-state index contributed by atoms with van der Waals surface area (Å²) in [5.74, 6) is 0.0566. The van der Waals surface area contributed by atoms with Gasteiger partial charge in [0.1, 0.15) is 0 Å². The van der Waals surface area contributed by atoms with Gasteiger partial charge in [0.25, 0.3) is 5.91 Å². The zero-order chi connectivity index (χ0) is 9.97. The molecule has 0 N–H and O–H groups in total. The predicted molar refractivity (Wildman–Crippen MR) is 53.1 cm³/mol. The standard InChI is InChI=1S/C11H13NO2/c1-12(7-10-8-14-10)11(13)9-5-3-2-4-6-9/h2-6,10H,7-8H2,1H3. The molecule has 1 aromatic rings. The van der Waals surface area contributed by atoms with Crippen molar-refractivity contribution in [1.82, 2.24) is 4.90 Å². The van der Waals surface area contributed by atoms with Gasteiger partial charge in [-0.3, -0.25) is 4.79 Å². The molecule has 1 unspecified atom stereocenters. The van der Waals surface area contributed by atoms with Crippen LogP contribution < -0.4 is 0 Å². The molecule has 0 aromatic heterocycles. The van der Waals surface area contributed by atoms with E-state index in [-0.39, 0.29) is 12.0 Å². The van der Waals surface area contributed by atoms with Gasteiger partial charge in [-0.2, -0.15) is 0 Å². The maximum absolute atomic E-state index is 11.8. The van der Waals surface area contributed by atoms with Crippen LogP contribution in [0.4, 0.5) is 0 Å². The minimum Gasteiger partial charge on any atom is -0.371 e. The highest BCUT2D eigenvalue weighted by atomic mass is 16.6. The number of ether oxygens (including phenoxy) is 1. The van der Waals surface area contributed by atoms with Gasteiger partial charge in [0, 0.05) is 19.2 Å². The first kappa shape index (κ1) is 9.21. The van der Waals surface area contributed by atoms with Gasteiger partial charge < -0.3 is 9.64 Å². The largest absolute Gasteiger partial charge is 0.371 e. The van der Waals surface area contributed by atoms with Crippen molar-refractivity contribution in [2.24, 2.45) is 0 Å². The molecular formula is C11H13NO2.